The standard InChI is InChI=1S/C13H21N3/c1-5-9-16(10(2)3)13-12(11(4)14)7-6-8-15-13/h5-8,10-11H,1,9,14H2,2-4H3/t11-/m0/s1. The normalized spacial score (nSPS) is 12.6. The van der Waals surface area contributed by atoms with Gasteiger partial charge in [0.1, 0.15) is 5.82 Å². The van der Waals surface area contributed by atoms with E-state index in [1.165, 1.54) is 0 Å². The van der Waals surface area contributed by atoms with E-state index in [1.807, 2.05) is 25.1 Å². The molecule has 3 nitrogen and oxygen atoms in total. The van der Waals surface area contributed by atoms with Gasteiger partial charge in [0.05, 0.1) is 0 Å². The van der Waals surface area contributed by atoms with E-state index >= 15 is 0 Å². The first-order valence-corrected chi connectivity index (χ1v) is 5.66. The molecule has 1 rings (SSSR count). The zero-order chi connectivity index (χ0) is 12.1. The topological polar surface area (TPSA) is 42.2 Å². The van der Waals surface area contributed by atoms with E-state index in [0.29, 0.717) is 6.04 Å². The number of hydrogen-bond donors (Lipinski definition) is 1. The van der Waals surface area contributed by atoms with E-state index in [-0.39, 0.29) is 6.04 Å². The Morgan fingerprint density at radius 3 is 2.69 bits per heavy atom. The first kappa shape index (κ1) is 12.7. The van der Waals surface area contributed by atoms with Gasteiger partial charge in [0.2, 0.25) is 0 Å². The predicted molar refractivity (Wildman–Crippen MR) is 69.5 cm³/mol. The number of nitrogens with two attached hydrogens (primary N) is 1. The van der Waals surface area contributed by atoms with E-state index in [2.05, 4.69) is 30.3 Å². The van der Waals surface area contributed by atoms with Crippen LogP contribution in [0.3, 0.4) is 0 Å². The van der Waals surface area contributed by atoms with Crippen LogP contribution in [0.25, 0.3) is 0 Å². The lowest BCUT2D eigenvalue weighted by Crippen LogP contribution is -2.33. The minimum Gasteiger partial charge on any atom is -0.350 e. The largest absolute Gasteiger partial charge is 0.350 e. The first-order chi connectivity index (χ1) is 7.57. The molecule has 1 aromatic rings. The fraction of sp³-hybridized carbons (Fsp3) is 0.462. The van der Waals surface area contributed by atoms with Gasteiger partial charge in [0.15, 0.2) is 0 Å². The van der Waals surface area contributed by atoms with Crippen LogP contribution >= 0.6 is 0 Å². The number of aromatic nitrogens is 1. The zero-order valence-electron chi connectivity index (χ0n) is 10.4. The predicted octanol–water partition coefficient (Wildman–Crippen LogP) is 2.50. The summed E-state index contributed by atoms with van der Waals surface area (Å²) in [6, 6.07) is 4.33. The van der Waals surface area contributed by atoms with Gasteiger partial charge < -0.3 is 10.6 Å². The molecule has 0 bridgehead atoms. The van der Waals surface area contributed by atoms with Crippen molar-refractivity contribution < 1.29 is 0 Å². The van der Waals surface area contributed by atoms with E-state index in [9.17, 15) is 0 Å². The smallest absolute Gasteiger partial charge is 0.133 e. The Kier molecular flexibility index (Phi) is 4.50. The Bertz CT molecular complexity index is 345. The van der Waals surface area contributed by atoms with Crippen LogP contribution in [0.15, 0.2) is 31.0 Å². The minimum absolute atomic E-state index is 0.00485. The van der Waals surface area contributed by atoms with Crippen molar-refractivity contribution in [2.24, 2.45) is 5.73 Å². The summed E-state index contributed by atoms with van der Waals surface area (Å²) >= 11 is 0. The Morgan fingerprint density at radius 1 is 1.50 bits per heavy atom. The molecule has 0 aliphatic rings. The van der Waals surface area contributed by atoms with Crippen LogP contribution in [0.4, 0.5) is 5.82 Å². The fourth-order valence-corrected chi connectivity index (χ4v) is 1.69. The van der Waals surface area contributed by atoms with E-state index < -0.39 is 0 Å². The molecular weight excluding hydrogens is 198 g/mol. The van der Waals surface area contributed by atoms with Gasteiger partial charge in [0.25, 0.3) is 0 Å². The summed E-state index contributed by atoms with van der Waals surface area (Å²) in [4.78, 5) is 6.64. The van der Waals surface area contributed by atoms with Crippen LogP contribution in [0.5, 0.6) is 0 Å². The Balaban J connectivity index is 3.12. The van der Waals surface area contributed by atoms with Crippen LogP contribution in [0.1, 0.15) is 32.4 Å². The summed E-state index contributed by atoms with van der Waals surface area (Å²) in [7, 11) is 0. The molecule has 1 atom stereocenters. The highest BCUT2D eigenvalue weighted by Gasteiger charge is 2.16. The lowest BCUT2D eigenvalue weighted by molar-refractivity contribution is 0.695. The van der Waals surface area contributed by atoms with Crippen molar-refractivity contribution in [3.05, 3.63) is 36.5 Å². The molecule has 2 N–H and O–H groups in total. The number of pyridine rings is 1. The number of rotatable bonds is 5. The second-order valence-electron chi connectivity index (χ2n) is 4.24. The van der Waals surface area contributed by atoms with Crippen molar-refractivity contribution in [2.45, 2.75) is 32.9 Å². The Labute approximate surface area is 98.0 Å². The van der Waals surface area contributed by atoms with Crippen LogP contribution < -0.4 is 10.6 Å². The SMILES string of the molecule is C=CCN(c1ncccc1[C@H](C)N)C(C)C. The van der Waals surface area contributed by atoms with Crippen LogP contribution in [0.2, 0.25) is 0 Å². The lowest BCUT2D eigenvalue weighted by atomic mass is 10.1. The Morgan fingerprint density at radius 2 is 2.19 bits per heavy atom. The number of hydrogen-bond acceptors (Lipinski definition) is 3. The molecule has 88 valence electrons. The third-order valence-corrected chi connectivity index (χ3v) is 2.53. The summed E-state index contributed by atoms with van der Waals surface area (Å²) in [5.41, 5.74) is 7.04. The number of nitrogens with zero attached hydrogens (tertiary/aromatic N) is 2. The quantitative estimate of drug-likeness (QED) is 0.774. The van der Waals surface area contributed by atoms with Crippen molar-refractivity contribution in [1.82, 2.24) is 4.98 Å². The molecule has 1 heterocycles. The molecular formula is C13H21N3. The highest BCUT2D eigenvalue weighted by atomic mass is 15.2. The molecule has 3 heteroatoms. The summed E-state index contributed by atoms with van der Waals surface area (Å²) in [5, 5.41) is 0. The van der Waals surface area contributed by atoms with Crippen LogP contribution in [-0.2, 0) is 0 Å². The van der Waals surface area contributed by atoms with E-state index in [4.69, 9.17) is 5.73 Å². The van der Waals surface area contributed by atoms with Gasteiger partial charge in [-0.25, -0.2) is 4.98 Å². The number of anilines is 1. The monoisotopic (exact) mass is 219 g/mol. The van der Waals surface area contributed by atoms with E-state index in [0.717, 1.165) is 17.9 Å². The van der Waals surface area contributed by atoms with Gasteiger partial charge >= 0.3 is 0 Å². The average Bonchev–Trinajstić information content (AvgIpc) is 2.25. The van der Waals surface area contributed by atoms with Crippen molar-refractivity contribution in [2.75, 3.05) is 11.4 Å². The van der Waals surface area contributed by atoms with Crippen molar-refractivity contribution in [3.63, 3.8) is 0 Å². The third-order valence-electron chi connectivity index (χ3n) is 2.53. The molecule has 0 aliphatic carbocycles. The fourth-order valence-electron chi connectivity index (χ4n) is 1.69. The van der Waals surface area contributed by atoms with Gasteiger partial charge in [-0.15, -0.1) is 6.58 Å². The second kappa shape index (κ2) is 5.66. The summed E-state index contributed by atoms with van der Waals surface area (Å²) < 4.78 is 0. The van der Waals surface area contributed by atoms with Gasteiger partial charge in [-0.3, -0.25) is 0 Å². The average molecular weight is 219 g/mol. The molecule has 0 fully saturated rings. The van der Waals surface area contributed by atoms with Crippen LogP contribution in [0, 0.1) is 0 Å². The lowest BCUT2D eigenvalue weighted by Gasteiger charge is -2.29. The van der Waals surface area contributed by atoms with Crippen molar-refractivity contribution >= 4 is 5.82 Å². The van der Waals surface area contributed by atoms with E-state index in [1.54, 1.807) is 6.20 Å². The molecule has 0 amide bonds. The zero-order valence-corrected chi connectivity index (χ0v) is 10.4. The highest BCUT2D eigenvalue weighted by Crippen LogP contribution is 2.23. The van der Waals surface area contributed by atoms with Gasteiger partial charge in [-0.2, -0.15) is 0 Å². The summed E-state index contributed by atoms with van der Waals surface area (Å²) in [6.07, 6.45) is 3.69. The summed E-state index contributed by atoms with van der Waals surface area (Å²) in [6.45, 7) is 10.8. The molecule has 0 aliphatic heterocycles. The molecule has 0 spiro atoms. The maximum atomic E-state index is 5.96. The van der Waals surface area contributed by atoms with Gasteiger partial charge in [-0.1, -0.05) is 12.1 Å². The van der Waals surface area contributed by atoms with Gasteiger partial charge in [-0.05, 0) is 26.8 Å². The van der Waals surface area contributed by atoms with Crippen molar-refractivity contribution in [3.8, 4) is 0 Å². The highest BCUT2D eigenvalue weighted by molar-refractivity contribution is 5.49. The van der Waals surface area contributed by atoms with Crippen LogP contribution in [-0.4, -0.2) is 17.6 Å². The maximum absolute atomic E-state index is 5.96. The first-order valence-electron chi connectivity index (χ1n) is 5.66. The molecule has 0 saturated carbocycles. The minimum atomic E-state index is -0.00485. The molecule has 1 aromatic heterocycles. The van der Waals surface area contributed by atoms with Gasteiger partial charge in [0, 0.05) is 30.4 Å². The molecule has 16 heavy (non-hydrogen) atoms. The molecule has 0 aromatic carbocycles. The maximum Gasteiger partial charge on any atom is 0.133 e. The van der Waals surface area contributed by atoms with Crippen molar-refractivity contribution in [1.29, 1.82) is 0 Å². The summed E-state index contributed by atoms with van der Waals surface area (Å²) in [5.74, 6) is 0.965. The molecule has 0 saturated heterocycles. The third kappa shape index (κ3) is 2.83. The molecule has 0 unspecified atom stereocenters. The molecule has 0 radical (unpaired) electrons. The second-order valence-corrected chi connectivity index (χ2v) is 4.24. The Hall–Kier alpha value is -1.35.